The fraction of sp³-hybridized carbons (Fsp3) is 0.167. The van der Waals surface area contributed by atoms with Gasteiger partial charge in [-0.1, -0.05) is 12.1 Å². The van der Waals surface area contributed by atoms with Crippen LogP contribution in [0.4, 0.5) is 11.6 Å². The van der Waals surface area contributed by atoms with Crippen LogP contribution in [0.3, 0.4) is 0 Å². The SMILES string of the molecule is CSc1nc(Nc2cccc(C)c2)ncc1Br. The standard InChI is InChI=1S/C12H12BrN3S/c1-8-4-3-5-9(6-8)15-12-14-7-10(13)11(16-12)17-2/h3-7H,1-2H3,(H,14,15,16). The summed E-state index contributed by atoms with van der Waals surface area (Å²) in [5.74, 6) is 0.614. The first-order valence-corrected chi connectivity index (χ1v) is 7.11. The number of aromatic nitrogens is 2. The zero-order chi connectivity index (χ0) is 12.3. The molecule has 0 aliphatic heterocycles. The van der Waals surface area contributed by atoms with Crippen molar-refractivity contribution in [3.05, 3.63) is 40.5 Å². The number of rotatable bonds is 3. The van der Waals surface area contributed by atoms with Crippen LogP contribution < -0.4 is 5.32 Å². The summed E-state index contributed by atoms with van der Waals surface area (Å²) in [5, 5.41) is 4.12. The largest absolute Gasteiger partial charge is 0.324 e. The molecule has 0 spiro atoms. The summed E-state index contributed by atoms with van der Waals surface area (Å²) in [7, 11) is 0. The van der Waals surface area contributed by atoms with E-state index in [1.807, 2.05) is 18.4 Å². The highest BCUT2D eigenvalue weighted by Gasteiger charge is 2.04. The van der Waals surface area contributed by atoms with Crippen LogP contribution in [-0.4, -0.2) is 16.2 Å². The highest BCUT2D eigenvalue weighted by Crippen LogP contribution is 2.24. The average Bonchev–Trinajstić information content (AvgIpc) is 2.32. The maximum absolute atomic E-state index is 4.41. The molecule has 17 heavy (non-hydrogen) atoms. The maximum atomic E-state index is 4.41. The summed E-state index contributed by atoms with van der Waals surface area (Å²) in [6.07, 6.45) is 3.75. The Bertz CT molecular complexity index is 531. The lowest BCUT2D eigenvalue weighted by Crippen LogP contribution is -1.98. The van der Waals surface area contributed by atoms with Crippen molar-refractivity contribution >= 4 is 39.3 Å². The molecule has 1 N–H and O–H groups in total. The zero-order valence-electron chi connectivity index (χ0n) is 9.57. The van der Waals surface area contributed by atoms with E-state index in [2.05, 4.69) is 50.3 Å². The molecule has 0 saturated carbocycles. The Labute approximate surface area is 113 Å². The van der Waals surface area contributed by atoms with E-state index in [1.54, 1.807) is 18.0 Å². The Hall–Kier alpha value is -1.07. The van der Waals surface area contributed by atoms with Gasteiger partial charge in [0.25, 0.3) is 0 Å². The van der Waals surface area contributed by atoms with Crippen molar-refractivity contribution in [3.8, 4) is 0 Å². The van der Waals surface area contributed by atoms with E-state index in [0.29, 0.717) is 5.95 Å². The first kappa shape index (κ1) is 12.4. The maximum Gasteiger partial charge on any atom is 0.228 e. The molecular formula is C12H12BrN3S. The van der Waals surface area contributed by atoms with Crippen LogP contribution in [0.1, 0.15) is 5.56 Å². The predicted octanol–water partition coefficient (Wildman–Crippen LogP) is 4.01. The number of nitrogens with one attached hydrogen (secondary N) is 1. The van der Waals surface area contributed by atoms with E-state index in [9.17, 15) is 0 Å². The number of hydrogen-bond acceptors (Lipinski definition) is 4. The van der Waals surface area contributed by atoms with Gasteiger partial charge < -0.3 is 5.32 Å². The second-order valence-electron chi connectivity index (χ2n) is 3.55. The highest BCUT2D eigenvalue weighted by atomic mass is 79.9. The molecule has 2 rings (SSSR count). The van der Waals surface area contributed by atoms with E-state index < -0.39 is 0 Å². The van der Waals surface area contributed by atoms with Crippen LogP contribution in [0, 0.1) is 6.92 Å². The lowest BCUT2D eigenvalue weighted by Gasteiger charge is -2.07. The van der Waals surface area contributed by atoms with Crippen molar-refractivity contribution in [3.63, 3.8) is 0 Å². The molecule has 1 aromatic heterocycles. The molecule has 5 heteroatoms. The van der Waals surface area contributed by atoms with Gasteiger partial charge in [0.05, 0.1) is 4.47 Å². The van der Waals surface area contributed by atoms with Crippen molar-refractivity contribution in [1.29, 1.82) is 0 Å². The molecule has 2 aromatic rings. The molecular weight excluding hydrogens is 298 g/mol. The number of hydrogen-bond donors (Lipinski definition) is 1. The van der Waals surface area contributed by atoms with Crippen LogP contribution in [0.15, 0.2) is 40.0 Å². The second kappa shape index (κ2) is 5.51. The Morgan fingerprint density at radius 1 is 1.35 bits per heavy atom. The topological polar surface area (TPSA) is 37.8 Å². The molecule has 0 bridgehead atoms. The quantitative estimate of drug-likeness (QED) is 0.686. The van der Waals surface area contributed by atoms with Crippen LogP contribution >= 0.6 is 27.7 Å². The third-order valence-corrected chi connectivity index (χ3v) is 3.72. The molecule has 1 aromatic carbocycles. The van der Waals surface area contributed by atoms with E-state index >= 15 is 0 Å². The van der Waals surface area contributed by atoms with Gasteiger partial charge in [-0.3, -0.25) is 0 Å². The summed E-state index contributed by atoms with van der Waals surface area (Å²) in [6.45, 7) is 2.06. The molecule has 0 unspecified atom stereocenters. The minimum absolute atomic E-state index is 0.614. The van der Waals surface area contributed by atoms with Gasteiger partial charge in [-0.15, -0.1) is 11.8 Å². The van der Waals surface area contributed by atoms with Gasteiger partial charge in [0.2, 0.25) is 5.95 Å². The lowest BCUT2D eigenvalue weighted by atomic mass is 10.2. The van der Waals surface area contributed by atoms with Crippen molar-refractivity contribution in [2.24, 2.45) is 0 Å². The zero-order valence-corrected chi connectivity index (χ0v) is 12.0. The molecule has 0 aliphatic carbocycles. The smallest absolute Gasteiger partial charge is 0.228 e. The van der Waals surface area contributed by atoms with Crippen molar-refractivity contribution < 1.29 is 0 Å². The molecule has 3 nitrogen and oxygen atoms in total. The summed E-state index contributed by atoms with van der Waals surface area (Å²) < 4.78 is 0.916. The monoisotopic (exact) mass is 309 g/mol. The number of halogens is 1. The summed E-state index contributed by atoms with van der Waals surface area (Å²) in [4.78, 5) is 8.64. The minimum Gasteiger partial charge on any atom is -0.324 e. The summed E-state index contributed by atoms with van der Waals surface area (Å²) in [5.41, 5.74) is 2.21. The van der Waals surface area contributed by atoms with Gasteiger partial charge in [-0.25, -0.2) is 9.97 Å². The molecule has 0 atom stereocenters. The van der Waals surface area contributed by atoms with E-state index in [-0.39, 0.29) is 0 Å². The third-order valence-electron chi connectivity index (χ3n) is 2.18. The normalized spacial score (nSPS) is 10.3. The number of benzene rings is 1. The number of anilines is 2. The Morgan fingerprint density at radius 2 is 2.18 bits per heavy atom. The Balaban J connectivity index is 2.24. The van der Waals surface area contributed by atoms with Crippen molar-refractivity contribution in [1.82, 2.24) is 9.97 Å². The van der Waals surface area contributed by atoms with Crippen molar-refractivity contribution in [2.75, 3.05) is 11.6 Å². The molecule has 1 heterocycles. The molecule has 88 valence electrons. The summed E-state index contributed by atoms with van der Waals surface area (Å²) in [6, 6.07) is 8.12. The predicted molar refractivity (Wildman–Crippen MR) is 76.0 cm³/mol. The third kappa shape index (κ3) is 3.20. The van der Waals surface area contributed by atoms with Crippen LogP contribution in [0.25, 0.3) is 0 Å². The van der Waals surface area contributed by atoms with Gasteiger partial charge >= 0.3 is 0 Å². The van der Waals surface area contributed by atoms with Gasteiger partial charge in [0.1, 0.15) is 5.03 Å². The minimum atomic E-state index is 0.614. The molecule has 0 amide bonds. The fourth-order valence-electron chi connectivity index (χ4n) is 1.41. The van der Waals surface area contributed by atoms with Gasteiger partial charge in [-0.05, 0) is 46.8 Å². The Morgan fingerprint density at radius 3 is 2.88 bits per heavy atom. The van der Waals surface area contributed by atoms with Crippen LogP contribution in [0.2, 0.25) is 0 Å². The van der Waals surface area contributed by atoms with Gasteiger partial charge in [0.15, 0.2) is 0 Å². The van der Waals surface area contributed by atoms with E-state index in [4.69, 9.17) is 0 Å². The molecule has 0 saturated heterocycles. The average molecular weight is 310 g/mol. The molecule has 0 aliphatic rings. The number of thioether (sulfide) groups is 1. The van der Waals surface area contributed by atoms with Crippen LogP contribution in [0.5, 0.6) is 0 Å². The van der Waals surface area contributed by atoms with E-state index in [1.165, 1.54) is 5.56 Å². The van der Waals surface area contributed by atoms with E-state index in [0.717, 1.165) is 15.2 Å². The number of aryl methyl sites for hydroxylation is 1. The highest BCUT2D eigenvalue weighted by molar-refractivity contribution is 9.10. The van der Waals surface area contributed by atoms with Gasteiger partial charge in [0, 0.05) is 11.9 Å². The van der Waals surface area contributed by atoms with Gasteiger partial charge in [-0.2, -0.15) is 0 Å². The molecule has 0 radical (unpaired) electrons. The number of nitrogens with zero attached hydrogens (tertiary/aromatic N) is 2. The Kier molecular flexibility index (Phi) is 4.02. The summed E-state index contributed by atoms with van der Waals surface area (Å²) >= 11 is 5.00. The second-order valence-corrected chi connectivity index (χ2v) is 5.19. The first-order chi connectivity index (χ1) is 8.19. The van der Waals surface area contributed by atoms with Crippen molar-refractivity contribution in [2.45, 2.75) is 11.9 Å². The molecule has 0 fully saturated rings. The first-order valence-electron chi connectivity index (χ1n) is 5.09. The van der Waals surface area contributed by atoms with Crippen LogP contribution in [-0.2, 0) is 0 Å². The lowest BCUT2D eigenvalue weighted by molar-refractivity contribution is 1.04. The fourth-order valence-corrected chi connectivity index (χ4v) is 2.51.